The Morgan fingerprint density at radius 2 is 2.37 bits per heavy atom. The molecule has 0 aliphatic carbocycles. The zero-order valence-electron chi connectivity index (χ0n) is 11.9. The van der Waals surface area contributed by atoms with E-state index in [2.05, 4.69) is 23.1 Å². The molecule has 1 fully saturated rings. The average Bonchev–Trinajstić information content (AvgIpc) is 2.88. The minimum Gasteiger partial charge on any atom is -0.348 e. The lowest BCUT2D eigenvalue weighted by Crippen LogP contribution is -2.42. The molecular weight excluding hydrogens is 260 g/mol. The Hall–Kier alpha value is -1.01. The van der Waals surface area contributed by atoms with Crippen molar-refractivity contribution in [1.29, 1.82) is 0 Å². The predicted molar refractivity (Wildman–Crippen MR) is 78.2 cm³/mol. The van der Waals surface area contributed by atoms with Crippen LogP contribution < -0.4 is 0 Å². The molecule has 0 radical (unpaired) electrons. The maximum absolute atomic E-state index is 11.9. The van der Waals surface area contributed by atoms with Crippen LogP contribution in [0.3, 0.4) is 0 Å². The van der Waals surface area contributed by atoms with Crippen LogP contribution in [0.1, 0.15) is 18.5 Å². The number of aryl methyl sites for hydroxylation is 1. The number of hydrogen-bond acceptors (Lipinski definition) is 4. The first-order chi connectivity index (χ1) is 9.11. The average molecular weight is 282 g/mol. The molecule has 19 heavy (non-hydrogen) atoms. The quantitative estimate of drug-likeness (QED) is 0.829. The molecule has 0 spiro atoms. The Kier molecular flexibility index (Phi) is 4.87. The molecule has 6 heteroatoms. The summed E-state index contributed by atoms with van der Waals surface area (Å²) in [7, 11) is 3.62. The Morgan fingerprint density at radius 1 is 1.58 bits per heavy atom. The molecule has 1 aromatic heterocycles. The van der Waals surface area contributed by atoms with Gasteiger partial charge in [-0.05, 0) is 6.92 Å². The van der Waals surface area contributed by atoms with Gasteiger partial charge < -0.3 is 4.90 Å². The normalized spacial score (nSPS) is 20.5. The molecule has 1 aliphatic heterocycles. The van der Waals surface area contributed by atoms with Gasteiger partial charge in [-0.25, -0.2) is 0 Å². The van der Waals surface area contributed by atoms with Crippen LogP contribution in [-0.2, 0) is 11.3 Å². The van der Waals surface area contributed by atoms with Gasteiger partial charge in [-0.15, -0.1) is 0 Å². The van der Waals surface area contributed by atoms with E-state index in [1.165, 1.54) is 5.56 Å². The number of nitrogens with zero attached hydrogens (tertiary/aromatic N) is 4. The van der Waals surface area contributed by atoms with Crippen molar-refractivity contribution in [2.75, 3.05) is 38.7 Å². The van der Waals surface area contributed by atoms with Crippen molar-refractivity contribution < 1.29 is 4.79 Å². The summed E-state index contributed by atoms with van der Waals surface area (Å²) in [4.78, 5) is 15.8. The first-order valence-corrected chi connectivity index (χ1v) is 7.81. The van der Waals surface area contributed by atoms with E-state index in [4.69, 9.17) is 0 Å². The lowest BCUT2D eigenvalue weighted by Gasteiger charge is -2.34. The van der Waals surface area contributed by atoms with Crippen LogP contribution in [0, 0.1) is 0 Å². The third kappa shape index (κ3) is 3.51. The number of thioether (sulfide) groups is 1. The first kappa shape index (κ1) is 14.4. The molecule has 1 unspecified atom stereocenters. The number of hydrogen-bond donors (Lipinski definition) is 0. The fourth-order valence-corrected chi connectivity index (χ4v) is 3.33. The number of carbonyl (C=O) groups excluding carboxylic acids is 1. The largest absolute Gasteiger partial charge is 0.348 e. The van der Waals surface area contributed by atoms with Crippen molar-refractivity contribution in [3.63, 3.8) is 0 Å². The van der Waals surface area contributed by atoms with E-state index >= 15 is 0 Å². The van der Waals surface area contributed by atoms with Gasteiger partial charge in [-0.1, -0.05) is 0 Å². The highest BCUT2D eigenvalue weighted by molar-refractivity contribution is 7.99. The van der Waals surface area contributed by atoms with E-state index in [1.807, 2.05) is 36.7 Å². The molecule has 1 aromatic rings. The molecule has 2 heterocycles. The van der Waals surface area contributed by atoms with Gasteiger partial charge in [0.05, 0.1) is 12.7 Å². The lowest BCUT2D eigenvalue weighted by atomic mass is 10.1. The zero-order chi connectivity index (χ0) is 13.8. The highest BCUT2D eigenvalue weighted by Gasteiger charge is 2.27. The lowest BCUT2D eigenvalue weighted by molar-refractivity contribution is -0.130. The first-order valence-electron chi connectivity index (χ1n) is 6.66. The van der Waals surface area contributed by atoms with Crippen molar-refractivity contribution in [1.82, 2.24) is 19.6 Å². The summed E-state index contributed by atoms with van der Waals surface area (Å²) >= 11 is 1.95. The van der Waals surface area contributed by atoms with Gasteiger partial charge in [0.15, 0.2) is 0 Å². The maximum atomic E-state index is 11.9. The number of aromatic nitrogens is 2. The van der Waals surface area contributed by atoms with E-state index in [1.54, 1.807) is 4.90 Å². The molecule has 1 atom stereocenters. The van der Waals surface area contributed by atoms with Crippen LogP contribution in [0.2, 0.25) is 0 Å². The molecule has 0 aromatic carbocycles. The monoisotopic (exact) mass is 282 g/mol. The van der Waals surface area contributed by atoms with Crippen molar-refractivity contribution in [2.45, 2.75) is 19.5 Å². The maximum Gasteiger partial charge on any atom is 0.236 e. The Balaban J connectivity index is 2.09. The van der Waals surface area contributed by atoms with Crippen molar-refractivity contribution in [3.8, 4) is 0 Å². The second-order valence-corrected chi connectivity index (χ2v) is 6.13. The van der Waals surface area contributed by atoms with Gasteiger partial charge in [-0.2, -0.15) is 16.9 Å². The van der Waals surface area contributed by atoms with Crippen molar-refractivity contribution in [2.24, 2.45) is 0 Å². The van der Waals surface area contributed by atoms with Gasteiger partial charge in [0.2, 0.25) is 5.91 Å². The Labute approximate surface area is 118 Å². The molecule has 2 rings (SSSR count). The van der Waals surface area contributed by atoms with E-state index in [0.29, 0.717) is 12.6 Å². The third-order valence-corrected chi connectivity index (χ3v) is 4.46. The summed E-state index contributed by atoms with van der Waals surface area (Å²) in [6, 6.07) is 0.308. The molecule has 0 bridgehead atoms. The second-order valence-electron chi connectivity index (χ2n) is 4.98. The van der Waals surface area contributed by atoms with Crippen molar-refractivity contribution in [3.05, 3.63) is 18.0 Å². The Morgan fingerprint density at radius 3 is 3.00 bits per heavy atom. The van der Waals surface area contributed by atoms with Gasteiger partial charge >= 0.3 is 0 Å². The number of carbonyl (C=O) groups is 1. The number of rotatable bonds is 4. The number of amides is 1. The van der Waals surface area contributed by atoms with Crippen LogP contribution >= 0.6 is 11.8 Å². The minimum absolute atomic E-state index is 0.166. The van der Waals surface area contributed by atoms with E-state index in [9.17, 15) is 4.79 Å². The highest BCUT2D eigenvalue weighted by atomic mass is 32.2. The SMILES string of the molecule is CCn1cc(C2CSCCN2CC(=O)N(C)C)cn1. The highest BCUT2D eigenvalue weighted by Crippen LogP contribution is 2.29. The van der Waals surface area contributed by atoms with Crippen LogP contribution in [0.5, 0.6) is 0 Å². The molecule has 5 nitrogen and oxygen atoms in total. The van der Waals surface area contributed by atoms with Crippen LogP contribution in [0.15, 0.2) is 12.4 Å². The summed E-state index contributed by atoms with van der Waals surface area (Å²) < 4.78 is 1.94. The fraction of sp³-hybridized carbons (Fsp3) is 0.692. The molecule has 0 saturated carbocycles. The minimum atomic E-state index is 0.166. The summed E-state index contributed by atoms with van der Waals surface area (Å²) in [5.74, 6) is 2.30. The third-order valence-electron chi connectivity index (χ3n) is 3.44. The van der Waals surface area contributed by atoms with Crippen LogP contribution in [0.4, 0.5) is 0 Å². The van der Waals surface area contributed by atoms with E-state index < -0.39 is 0 Å². The molecule has 0 N–H and O–H groups in total. The molecule has 1 amide bonds. The predicted octanol–water partition coefficient (Wildman–Crippen LogP) is 1.08. The molecule has 106 valence electrons. The van der Waals surface area contributed by atoms with Gasteiger partial charge in [0.25, 0.3) is 0 Å². The smallest absolute Gasteiger partial charge is 0.236 e. The summed E-state index contributed by atoms with van der Waals surface area (Å²) in [5.41, 5.74) is 1.22. The molecule has 1 saturated heterocycles. The summed E-state index contributed by atoms with van der Waals surface area (Å²) in [6.45, 7) is 4.43. The van der Waals surface area contributed by atoms with Gasteiger partial charge in [0, 0.05) is 56.5 Å². The van der Waals surface area contributed by atoms with Crippen LogP contribution in [0.25, 0.3) is 0 Å². The Bertz CT molecular complexity index is 432. The summed E-state index contributed by atoms with van der Waals surface area (Å²) in [5, 5.41) is 4.34. The topological polar surface area (TPSA) is 41.4 Å². The van der Waals surface area contributed by atoms with Crippen LogP contribution in [-0.4, -0.2) is 64.2 Å². The van der Waals surface area contributed by atoms with E-state index in [0.717, 1.165) is 24.6 Å². The van der Waals surface area contributed by atoms with Gasteiger partial charge in [0.1, 0.15) is 0 Å². The zero-order valence-corrected chi connectivity index (χ0v) is 12.7. The van der Waals surface area contributed by atoms with Crippen molar-refractivity contribution >= 4 is 17.7 Å². The standard InChI is InChI=1S/C13H22N4OS/c1-4-17-8-11(7-14-17)12-10-19-6-5-16(12)9-13(18)15(2)3/h7-8,12H,4-6,9-10H2,1-3H3. The fourth-order valence-electron chi connectivity index (χ4n) is 2.17. The molecule has 1 aliphatic rings. The number of likely N-dealkylation sites (N-methyl/N-ethyl adjacent to an activating group) is 1. The summed E-state index contributed by atoms with van der Waals surface area (Å²) in [6.07, 6.45) is 4.04. The van der Waals surface area contributed by atoms with E-state index in [-0.39, 0.29) is 5.91 Å². The molecular formula is C13H22N4OS. The van der Waals surface area contributed by atoms with Gasteiger partial charge in [-0.3, -0.25) is 14.4 Å². The second kappa shape index (κ2) is 6.43.